The van der Waals surface area contributed by atoms with Gasteiger partial charge in [0.25, 0.3) is 0 Å². The second kappa shape index (κ2) is 5.30. The topological polar surface area (TPSA) is 69.2 Å². The average molecular weight is 220 g/mol. The molecule has 86 valence electrons. The Hall–Kier alpha value is -1.84. The largest absolute Gasteiger partial charge is 0.545 e. The molecule has 0 aromatic heterocycles. The molecule has 0 heterocycles. The Morgan fingerprint density at radius 3 is 2.56 bits per heavy atom. The molecule has 4 heteroatoms. The van der Waals surface area contributed by atoms with Crippen LogP contribution in [-0.4, -0.2) is 11.9 Å². The third-order valence-electron chi connectivity index (χ3n) is 2.46. The smallest absolute Gasteiger partial charge is 0.227 e. The van der Waals surface area contributed by atoms with E-state index >= 15 is 0 Å². The third kappa shape index (κ3) is 2.82. The van der Waals surface area contributed by atoms with Gasteiger partial charge in [-0.05, 0) is 12.5 Å². The number of nitrogens with one attached hydrogen (secondary N) is 1. The molecule has 1 atom stereocenters. The molecule has 1 amide bonds. The molecule has 0 saturated carbocycles. The fraction of sp³-hybridized carbons (Fsp3) is 0.333. The van der Waals surface area contributed by atoms with Crippen molar-refractivity contribution in [3.63, 3.8) is 0 Å². The molecule has 0 saturated heterocycles. The van der Waals surface area contributed by atoms with Crippen LogP contribution in [0.3, 0.4) is 0 Å². The van der Waals surface area contributed by atoms with Crippen LogP contribution in [-0.2, 0) is 4.79 Å². The van der Waals surface area contributed by atoms with Gasteiger partial charge in [0.2, 0.25) is 5.91 Å². The number of para-hydroxylation sites is 1. The van der Waals surface area contributed by atoms with E-state index in [0.29, 0.717) is 6.42 Å². The normalized spacial score (nSPS) is 11.9. The van der Waals surface area contributed by atoms with Crippen LogP contribution < -0.4 is 10.4 Å². The van der Waals surface area contributed by atoms with Gasteiger partial charge >= 0.3 is 0 Å². The summed E-state index contributed by atoms with van der Waals surface area (Å²) >= 11 is 0. The van der Waals surface area contributed by atoms with E-state index in [1.807, 2.05) is 6.92 Å². The molecule has 0 aliphatic heterocycles. The van der Waals surface area contributed by atoms with Gasteiger partial charge in [-0.15, -0.1) is 0 Å². The molecule has 0 aliphatic rings. The van der Waals surface area contributed by atoms with Crippen LogP contribution in [0.25, 0.3) is 0 Å². The lowest BCUT2D eigenvalue weighted by Gasteiger charge is -2.14. The fourth-order valence-electron chi connectivity index (χ4n) is 1.21. The van der Waals surface area contributed by atoms with Crippen molar-refractivity contribution >= 4 is 17.6 Å². The summed E-state index contributed by atoms with van der Waals surface area (Å²) in [7, 11) is 0. The highest BCUT2D eigenvalue weighted by Crippen LogP contribution is 2.15. The Bertz CT molecular complexity index is 401. The van der Waals surface area contributed by atoms with E-state index in [0.717, 1.165) is 0 Å². The van der Waals surface area contributed by atoms with Crippen molar-refractivity contribution in [1.82, 2.24) is 0 Å². The molecule has 1 aromatic carbocycles. The lowest BCUT2D eigenvalue weighted by atomic mass is 10.1. The van der Waals surface area contributed by atoms with Crippen LogP contribution in [0.4, 0.5) is 5.69 Å². The lowest BCUT2D eigenvalue weighted by molar-refractivity contribution is -0.254. The van der Waals surface area contributed by atoms with Gasteiger partial charge in [-0.2, -0.15) is 0 Å². The molecular formula is C12H14NO3-. The van der Waals surface area contributed by atoms with Gasteiger partial charge in [-0.25, -0.2) is 0 Å². The first-order valence-electron chi connectivity index (χ1n) is 5.17. The SMILES string of the molecule is CC[C@@H](C)C(=O)Nc1ccccc1C(=O)[O-]. The van der Waals surface area contributed by atoms with Crippen LogP contribution in [0.2, 0.25) is 0 Å². The van der Waals surface area contributed by atoms with Gasteiger partial charge < -0.3 is 15.2 Å². The zero-order chi connectivity index (χ0) is 12.1. The van der Waals surface area contributed by atoms with E-state index in [2.05, 4.69) is 5.32 Å². The highest BCUT2D eigenvalue weighted by Gasteiger charge is 2.12. The minimum atomic E-state index is -1.29. The summed E-state index contributed by atoms with van der Waals surface area (Å²) in [5, 5.41) is 13.4. The molecule has 1 rings (SSSR count). The van der Waals surface area contributed by atoms with Crippen LogP contribution in [0.1, 0.15) is 30.6 Å². The van der Waals surface area contributed by atoms with Crippen molar-refractivity contribution in [2.24, 2.45) is 5.92 Å². The molecule has 4 nitrogen and oxygen atoms in total. The van der Waals surface area contributed by atoms with Crippen molar-refractivity contribution in [3.05, 3.63) is 29.8 Å². The molecule has 0 bridgehead atoms. The summed E-state index contributed by atoms with van der Waals surface area (Å²) in [6, 6.07) is 6.20. The first kappa shape index (κ1) is 12.2. The zero-order valence-electron chi connectivity index (χ0n) is 9.32. The molecule has 0 aliphatic carbocycles. The summed E-state index contributed by atoms with van der Waals surface area (Å²) < 4.78 is 0. The molecular weight excluding hydrogens is 206 g/mol. The monoisotopic (exact) mass is 220 g/mol. The zero-order valence-corrected chi connectivity index (χ0v) is 9.32. The van der Waals surface area contributed by atoms with Crippen molar-refractivity contribution in [1.29, 1.82) is 0 Å². The average Bonchev–Trinajstić information content (AvgIpc) is 2.28. The van der Waals surface area contributed by atoms with E-state index < -0.39 is 5.97 Å². The van der Waals surface area contributed by atoms with Crippen molar-refractivity contribution in [3.8, 4) is 0 Å². The van der Waals surface area contributed by atoms with Gasteiger partial charge in [0.15, 0.2) is 0 Å². The van der Waals surface area contributed by atoms with Gasteiger partial charge in [-0.3, -0.25) is 4.79 Å². The van der Waals surface area contributed by atoms with E-state index in [1.165, 1.54) is 6.07 Å². The quantitative estimate of drug-likeness (QED) is 0.824. The highest BCUT2D eigenvalue weighted by atomic mass is 16.4. The number of benzene rings is 1. The molecule has 0 unspecified atom stereocenters. The van der Waals surface area contributed by atoms with Crippen LogP contribution >= 0.6 is 0 Å². The van der Waals surface area contributed by atoms with Crippen molar-refractivity contribution < 1.29 is 14.7 Å². The number of amides is 1. The second-order valence-corrected chi connectivity index (χ2v) is 3.63. The Balaban J connectivity index is 2.89. The molecule has 0 fully saturated rings. The van der Waals surface area contributed by atoms with Crippen molar-refractivity contribution in [2.75, 3.05) is 5.32 Å². The molecule has 16 heavy (non-hydrogen) atoms. The number of rotatable bonds is 4. The number of carboxylic acids is 1. The first-order chi connectivity index (χ1) is 7.56. The summed E-state index contributed by atoms with van der Waals surface area (Å²) in [4.78, 5) is 22.4. The Labute approximate surface area is 94.3 Å². The molecule has 1 aromatic rings. The van der Waals surface area contributed by atoms with Crippen LogP contribution in [0.15, 0.2) is 24.3 Å². The van der Waals surface area contributed by atoms with E-state index in [9.17, 15) is 14.7 Å². The molecule has 0 spiro atoms. The number of carboxylic acid groups (broad SMARTS) is 1. The number of hydrogen-bond donors (Lipinski definition) is 1. The second-order valence-electron chi connectivity index (χ2n) is 3.63. The summed E-state index contributed by atoms with van der Waals surface area (Å²) in [5.74, 6) is -1.62. The molecule has 1 N–H and O–H groups in total. The Kier molecular flexibility index (Phi) is 4.05. The van der Waals surface area contributed by atoms with Gasteiger partial charge in [0, 0.05) is 17.2 Å². The van der Waals surface area contributed by atoms with E-state index in [-0.39, 0.29) is 23.1 Å². The maximum atomic E-state index is 11.6. The summed E-state index contributed by atoms with van der Waals surface area (Å²) in [6.07, 6.45) is 0.708. The fourth-order valence-corrected chi connectivity index (χ4v) is 1.21. The lowest BCUT2D eigenvalue weighted by Crippen LogP contribution is -2.26. The van der Waals surface area contributed by atoms with Crippen LogP contribution in [0.5, 0.6) is 0 Å². The van der Waals surface area contributed by atoms with Gasteiger partial charge in [0.05, 0.1) is 5.97 Å². The number of carbonyl (C=O) groups is 2. The van der Waals surface area contributed by atoms with E-state index in [1.54, 1.807) is 25.1 Å². The Morgan fingerprint density at radius 2 is 2.00 bits per heavy atom. The van der Waals surface area contributed by atoms with Gasteiger partial charge in [-0.1, -0.05) is 32.0 Å². The Morgan fingerprint density at radius 1 is 1.38 bits per heavy atom. The standard InChI is InChI=1S/C12H15NO3/c1-3-8(2)11(14)13-10-7-5-4-6-9(10)12(15)16/h4-8H,3H2,1-2H3,(H,13,14)(H,15,16)/p-1/t8-/m1/s1. The summed E-state index contributed by atoms with van der Waals surface area (Å²) in [5.41, 5.74) is 0.284. The predicted molar refractivity (Wildman–Crippen MR) is 58.9 cm³/mol. The minimum absolute atomic E-state index is 0.000784. The number of anilines is 1. The first-order valence-corrected chi connectivity index (χ1v) is 5.17. The van der Waals surface area contributed by atoms with Crippen LogP contribution in [0, 0.1) is 5.92 Å². The number of hydrogen-bond acceptors (Lipinski definition) is 3. The van der Waals surface area contributed by atoms with E-state index in [4.69, 9.17) is 0 Å². The maximum absolute atomic E-state index is 11.6. The molecule has 0 radical (unpaired) electrons. The number of carbonyl (C=O) groups excluding carboxylic acids is 2. The minimum Gasteiger partial charge on any atom is -0.545 e. The summed E-state index contributed by atoms with van der Waals surface area (Å²) in [6.45, 7) is 3.69. The highest BCUT2D eigenvalue weighted by molar-refractivity contribution is 6.00. The predicted octanol–water partition coefficient (Wildman–Crippen LogP) is 1.03. The maximum Gasteiger partial charge on any atom is 0.227 e. The number of aromatic carboxylic acids is 1. The van der Waals surface area contributed by atoms with Crippen molar-refractivity contribution in [2.45, 2.75) is 20.3 Å². The van der Waals surface area contributed by atoms with Gasteiger partial charge in [0.1, 0.15) is 0 Å². The third-order valence-corrected chi connectivity index (χ3v) is 2.46.